The number of aryl methyl sites for hydroxylation is 1. The molecule has 0 saturated carbocycles. The first kappa shape index (κ1) is 9.33. The fourth-order valence-electron chi connectivity index (χ4n) is 2.18. The Labute approximate surface area is 94.1 Å². The van der Waals surface area contributed by atoms with Gasteiger partial charge in [0.25, 0.3) is 0 Å². The summed E-state index contributed by atoms with van der Waals surface area (Å²) in [4.78, 5) is 8.44. The summed E-state index contributed by atoms with van der Waals surface area (Å²) in [6, 6.07) is 0. The summed E-state index contributed by atoms with van der Waals surface area (Å²) in [7, 11) is 2.05. The number of fused-ring (bicyclic) bond motifs is 3. The van der Waals surface area contributed by atoms with Crippen LogP contribution in [0.15, 0.2) is 24.7 Å². The van der Waals surface area contributed by atoms with Crippen LogP contribution in [0.1, 0.15) is 24.1 Å². The smallest absolute Gasteiger partial charge is 0.144 e. The Kier molecular flexibility index (Phi) is 2.10. The summed E-state index contributed by atoms with van der Waals surface area (Å²) >= 11 is 0. The van der Waals surface area contributed by atoms with Gasteiger partial charge in [0.1, 0.15) is 12.0 Å². The molecule has 0 aliphatic heterocycles. The van der Waals surface area contributed by atoms with E-state index in [4.69, 9.17) is 0 Å². The molecule has 80 valence electrons. The van der Waals surface area contributed by atoms with Gasteiger partial charge in [0, 0.05) is 29.9 Å². The van der Waals surface area contributed by atoms with E-state index in [1.54, 1.807) is 6.33 Å². The third-order valence-corrected chi connectivity index (χ3v) is 3.00. The van der Waals surface area contributed by atoms with Gasteiger partial charge in [-0.15, -0.1) is 0 Å². The minimum Gasteiger partial charge on any atom is -0.328 e. The summed E-state index contributed by atoms with van der Waals surface area (Å²) in [5, 5.41) is 1.13. The van der Waals surface area contributed by atoms with Crippen molar-refractivity contribution in [2.45, 2.75) is 12.8 Å². The molecule has 1 aliphatic rings. The van der Waals surface area contributed by atoms with Gasteiger partial charge in [0.2, 0.25) is 0 Å². The molecule has 1 aliphatic carbocycles. The lowest BCUT2D eigenvalue weighted by Crippen LogP contribution is -1.93. The molecule has 2 heterocycles. The summed E-state index contributed by atoms with van der Waals surface area (Å²) in [6.07, 6.45) is 14.5. The Morgan fingerprint density at radius 2 is 2.00 bits per heavy atom. The van der Waals surface area contributed by atoms with Gasteiger partial charge >= 0.3 is 0 Å². The molecule has 0 unspecified atom stereocenters. The first-order valence-corrected chi connectivity index (χ1v) is 5.49. The molecule has 3 nitrogen and oxygen atoms in total. The van der Waals surface area contributed by atoms with Crippen LogP contribution >= 0.6 is 0 Å². The van der Waals surface area contributed by atoms with Crippen LogP contribution in [0, 0.1) is 0 Å². The second-order valence-electron chi connectivity index (χ2n) is 4.00. The highest BCUT2D eigenvalue weighted by Gasteiger charge is 2.12. The molecule has 2 aromatic rings. The third-order valence-electron chi connectivity index (χ3n) is 3.00. The van der Waals surface area contributed by atoms with Crippen molar-refractivity contribution in [1.29, 1.82) is 0 Å². The summed E-state index contributed by atoms with van der Waals surface area (Å²) in [5.74, 6) is 0. The van der Waals surface area contributed by atoms with Gasteiger partial charge in [-0.2, -0.15) is 0 Å². The zero-order valence-electron chi connectivity index (χ0n) is 9.22. The maximum atomic E-state index is 4.33. The van der Waals surface area contributed by atoms with Gasteiger partial charge in [-0.05, 0) is 18.9 Å². The molecule has 2 aromatic heterocycles. The molecule has 0 amide bonds. The van der Waals surface area contributed by atoms with Crippen molar-refractivity contribution in [3.8, 4) is 0 Å². The highest BCUT2D eigenvalue weighted by atomic mass is 15.0. The van der Waals surface area contributed by atoms with Crippen LogP contribution < -0.4 is 0 Å². The van der Waals surface area contributed by atoms with Crippen LogP contribution in [0.25, 0.3) is 23.2 Å². The number of hydrogen-bond acceptors (Lipinski definition) is 2. The Bertz CT molecular complexity index is 590. The minimum absolute atomic E-state index is 0.996. The van der Waals surface area contributed by atoms with Crippen molar-refractivity contribution in [1.82, 2.24) is 14.5 Å². The average molecular weight is 211 g/mol. The van der Waals surface area contributed by atoms with E-state index >= 15 is 0 Å². The average Bonchev–Trinajstić information content (AvgIpc) is 2.52. The summed E-state index contributed by atoms with van der Waals surface area (Å²) < 4.78 is 2.12. The van der Waals surface area contributed by atoms with Crippen LogP contribution in [0.4, 0.5) is 0 Å². The lowest BCUT2D eigenvalue weighted by Gasteiger charge is -2.01. The van der Waals surface area contributed by atoms with E-state index in [2.05, 4.69) is 38.8 Å². The lowest BCUT2D eigenvalue weighted by atomic mass is 10.1. The lowest BCUT2D eigenvalue weighted by molar-refractivity contribution is 0.927. The first-order valence-electron chi connectivity index (χ1n) is 5.49. The van der Waals surface area contributed by atoms with E-state index in [1.165, 1.54) is 11.3 Å². The maximum Gasteiger partial charge on any atom is 0.144 e. The Hall–Kier alpha value is -1.90. The highest BCUT2D eigenvalue weighted by molar-refractivity contribution is 5.91. The van der Waals surface area contributed by atoms with Crippen LogP contribution in [-0.4, -0.2) is 14.5 Å². The highest BCUT2D eigenvalue weighted by Crippen LogP contribution is 2.26. The number of hydrogen-bond donors (Lipinski definition) is 0. The van der Waals surface area contributed by atoms with Gasteiger partial charge in [-0.25, -0.2) is 9.97 Å². The van der Waals surface area contributed by atoms with Crippen molar-refractivity contribution in [3.05, 3.63) is 35.9 Å². The van der Waals surface area contributed by atoms with E-state index in [0.717, 1.165) is 23.9 Å². The molecule has 0 spiro atoms. The number of nitrogens with zero attached hydrogens (tertiary/aromatic N) is 3. The number of aromatic nitrogens is 3. The molecule has 3 rings (SSSR count). The maximum absolute atomic E-state index is 4.33. The first-order chi connectivity index (χ1) is 7.88. The van der Waals surface area contributed by atoms with Crippen molar-refractivity contribution >= 4 is 23.2 Å². The predicted octanol–water partition coefficient (Wildman–Crippen LogP) is 2.79. The quantitative estimate of drug-likeness (QED) is 0.670. The van der Waals surface area contributed by atoms with Gasteiger partial charge in [-0.3, -0.25) is 0 Å². The Morgan fingerprint density at radius 3 is 2.88 bits per heavy atom. The Morgan fingerprint density at radius 1 is 1.19 bits per heavy atom. The van der Waals surface area contributed by atoms with Gasteiger partial charge in [0.15, 0.2) is 0 Å². The molecule has 0 aromatic carbocycles. The largest absolute Gasteiger partial charge is 0.328 e. The van der Waals surface area contributed by atoms with Crippen LogP contribution in [0.2, 0.25) is 0 Å². The molecule has 0 atom stereocenters. The minimum atomic E-state index is 0.996. The van der Waals surface area contributed by atoms with E-state index in [-0.39, 0.29) is 0 Å². The molecule has 3 heteroatoms. The Balaban J connectivity index is 2.41. The van der Waals surface area contributed by atoms with E-state index in [0.29, 0.717) is 0 Å². The topological polar surface area (TPSA) is 30.7 Å². The second-order valence-corrected chi connectivity index (χ2v) is 4.00. The molecule has 0 radical (unpaired) electrons. The molecular formula is C13H13N3. The van der Waals surface area contributed by atoms with Gasteiger partial charge in [0.05, 0.1) is 0 Å². The van der Waals surface area contributed by atoms with Crippen molar-refractivity contribution in [2.75, 3.05) is 0 Å². The number of allylic oxidation sites excluding steroid dienone is 2. The molecular weight excluding hydrogens is 198 g/mol. The summed E-state index contributed by atoms with van der Waals surface area (Å²) in [5.41, 5.74) is 3.44. The van der Waals surface area contributed by atoms with E-state index in [1.807, 2.05) is 13.2 Å². The third kappa shape index (κ3) is 1.28. The van der Waals surface area contributed by atoms with Gasteiger partial charge < -0.3 is 4.57 Å². The predicted molar refractivity (Wildman–Crippen MR) is 65.8 cm³/mol. The zero-order chi connectivity index (χ0) is 11.0. The second kappa shape index (κ2) is 3.59. The van der Waals surface area contributed by atoms with E-state index < -0.39 is 0 Å². The standard InChI is InChI=1S/C13H13N3/c1-16-12-7-5-3-2-4-6-10(12)11-8-14-9-15-13(11)16/h4-9H,2-3H2,1H3. The summed E-state index contributed by atoms with van der Waals surface area (Å²) in [6.45, 7) is 0. The SMILES string of the molecule is Cn1c2c(c3cncnc31)C=CCCC=C2. The molecule has 0 fully saturated rings. The van der Waals surface area contributed by atoms with E-state index in [9.17, 15) is 0 Å². The zero-order valence-corrected chi connectivity index (χ0v) is 9.22. The van der Waals surface area contributed by atoms with Crippen molar-refractivity contribution in [3.63, 3.8) is 0 Å². The normalized spacial score (nSPS) is 14.8. The van der Waals surface area contributed by atoms with Crippen molar-refractivity contribution in [2.24, 2.45) is 7.05 Å². The molecule has 16 heavy (non-hydrogen) atoms. The van der Waals surface area contributed by atoms with Gasteiger partial charge in [-0.1, -0.05) is 18.2 Å². The van der Waals surface area contributed by atoms with Crippen LogP contribution in [0.3, 0.4) is 0 Å². The molecule has 0 bridgehead atoms. The fraction of sp³-hybridized carbons (Fsp3) is 0.231. The van der Waals surface area contributed by atoms with Crippen molar-refractivity contribution < 1.29 is 0 Å². The fourth-order valence-corrected chi connectivity index (χ4v) is 2.18. The molecule has 0 N–H and O–H groups in total. The molecule has 0 saturated heterocycles. The van der Waals surface area contributed by atoms with Crippen LogP contribution in [-0.2, 0) is 7.05 Å². The monoisotopic (exact) mass is 211 g/mol. The number of rotatable bonds is 0. The van der Waals surface area contributed by atoms with Crippen LogP contribution in [0.5, 0.6) is 0 Å².